The van der Waals surface area contributed by atoms with Gasteiger partial charge in [0.15, 0.2) is 15.8 Å². The molecule has 0 amide bonds. The topological polar surface area (TPSA) is 70.6 Å². The van der Waals surface area contributed by atoms with Crippen molar-refractivity contribution >= 4 is 55.7 Å². The molecule has 0 aromatic heterocycles. The average Bonchev–Trinajstić information content (AvgIpc) is 2.95. The van der Waals surface area contributed by atoms with Crippen LogP contribution in [-0.2, 0) is 16.3 Å². The molecule has 0 aliphatic carbocycles. The zero-order valence-corrected chi connectivity index (χ0v) is 20.8. The van der Waals surface area contributed by atoms with Crippen molar-refractivity contribution in [1.82, 2.24) is 10.6 Å². The summed E-state index contributed by atoms with van der Waals surface area (Å²) in [5.74, 6) is 2.06. The van der Waals surface area contributed by atoms with Gasteiger partial charge in [-0.25, -0.2) is 8.42 Å². The van der Waals surface area contributed by atoms with Gasteiger partial charge in [0.1, 0.15) is 0 Å². The Labute approximate surface area is 189 Å². The van der Waals surface area contributed by atoms with E-state index in [-0.39, 0.29) is 29.9 Å². The third kappa shape index (κ3) is 9.13. The minimum atomic E-state index is -2.83. The van der Waals surface area contributed by atoms with E-state index in [4.69, 9.17) is 4.99 Å². The molecule has 1 aromatic carbocycles. The summed E-state index contributed by atoms with van der Waals surface area (Å²) in [5, 5.41) is 6.58. The van der Waals surface area contributed by atoms with Gasteiger partial charge in [0.05, 0.1) is 11.5 Å². The van der Waals surface area contributed by atoms with Gasteiger partial charge >= 0.3 is 0 Å². The van der Waals surface area contributed by atoms with Crippen molar-refractivity contribution in [1.29, 1.82) is 0 Å². The molecule has 2 atom stereocenters. The van der Waals surface area contributed by atoms with Crippen molar-refractivity contribution < 1.29 is 8.42 Å². The summed E-state index contributed by atoms with van der Waals surface area (Å²) in [5.41, 5.74) is 1.32. The highest BCUT2D eigenvalue weighted by atomic mass is 127. The number of sulfone groups is 1. The van der Waals surface area contributed by atoms with Crippen molar-refractivity contribution in [3.05, 3.63) is 34.3 Å². The first-order valence-electron chi connectivity index (χ1n) is 9.39. The zero-order chi connectivity index (χ0) is 19.0. The summed E-state index contributed by atoms with van der Waals surface area (Å²) in [7, 11) is -2.83. The molecule has 2 unspecified atom stereocenters. The van der Waals surface area contributed by atoms with Crippen LogP contribution in [0.5, 0.6) is 0 Å². The molecule has 0 saturated carbocycles. The van der Waals surface area contributed by atoms with Gasteiger partial charge in [-0.15, -0.1) is 24.0 Å². The number of aliphatic imine (C=N–C) groups is 1. The summed E-state index contributed by atoms with van der Waals surface area (Å²) in [6, 6.07) is 8.42. The normalized spacial score (nSPS) is 20.0. The quantitative estimate of drug-likeness (QED) is 0.284. The second-order valence-electron chi connectivity index (χ2n) is 6.98. The molecule has 1 saturated heterocycles. The number of nitrogens with one attached hydrogen (secondary N) is 2. The third-order valence-electron chi connectivity index (χ3n) is 4.73. The van der Waals surface area contributed by atoms with Crippen molar-refractivity contribution in [2.24, 2.45) is 16.8 Å². The Bertz CT molecular complexity index is 713. The lowest BCUT2D eigenvalue weighted by molar-refractivity contribution is 0.515. The van der Waals surface area contributed by atoms with Gasteiger partial charge in [-0.1, -0.05) is 41.4 Å². The van der Waals surface area contributed by atoms with E-state index < -0.39 is 9.84 Å². The van der Waals surface area contributed by atoms with Crippen LogP contribution in [-0.4, -0.2) is 45.5 Å². The van der Waals surface area contributed by atoms with Crippen LogP contribution < -0.4 is 10.6 Å². The van der Waals surface area contributed by atoms with Gasteiger partial charge < -0.3 is 10.6 Å². The minimum Gasteiger partial charge on any atom is -0.357 e. The van der Waals surface area contributed by atoms with E-state index in [0.717, 1.165) is 42.8 Å². The number of benzene rings is 1. The Morgan fingerprint density at radius 1 is 1.33 bits per heavy atom. The van der Waals surface area contributed by atoms with Gasteiger partial charge in [-0.3, -0.25) is 4.99 Å². The monoisotopic (exact) mass is 571 g/mol. The lowest BCUT2D eigenvalue weighted by Gasteiger charge is -2.17. The highest BCUT2D eigenvalue weighted by Gasteiger charge is 2.27. The summed E-state index contributed by atoms with van der Waals surface area (Å²) < 4.78 is 24.3. The summed E-state index contributed by atoms with van der Waals surface area (Å²) in [6.45, 7) is 6.43. The second kappa shape index (κ2) is 12.3. The maximum Gasteiger partial charge on any atom is 0.191 e. The lowest BCUT2D eigenvalue weighted by atomic mass is 9.97. The number of nitrogens with zero attached hydrogens (tertiary/aromatic N) is 1. The first kappa shape index (κ1) is 24.7. The molecule has 2 rings (SSSR count). The van der Waals surface area contributed by atoms with E-state index in [2.05, 4.69) is 51.7 Å². The van der Waals surface area contributed by atoms with Gasteiger partial charge in [0, 0.05) is 24.1 Å². The molecule has 1 heterocycles. The Morgan fingerprint density at radius 2 is 2.11 bits per heavy atom. The number of guanidine groups is 1. The van der Waals surface area contributed by atoms with Crippen LogP contribution in [0.3, 0.4) is 0 Å². The molecule has 1 aliphatic heterocycles. The van der Waals surface area contributed by atoms with Crippen LogP contribution in [0.25, 0.3) is 0 Å². The Balaban J connectivity index is 0.00000364. The molecule has 2 N–H and O–H groups in total. The zero-order valence-electron chi connectivity index (χ0n) is 16.1. The summed E-state index contributed by atoms with van der Waals surface area (Å²) >= 11 is 3.53. The van der Waals surface area contributed by atoms with Crippen LogP contribution in [0.4, 0.5) is 0 Å². The number of hydrogen-bond acceptors (Lipinski definition) is 3. The molecule has 8 heteroatoms. The van der Waals surface area contributed by atoms with Crippen LogP contribution in [0.1, 0.15) is 32.3 Å². The predicted octanol–water partition coefficient (Wildman–Crippen LogP) is 3.63. The third-order valence-corrected chi connectivity index (χ3v) is 7.06. The Morgan fingerprint density at radius 3 is 2.70 bits per heavy atom. The molecule has 1 aromatic rings. The van der Waals surface area contributed by atoms with Crippen LogP contribution in [0.2, 0.25) is 0 Å². The van der Waals surface area contributed by atoms with Gasteiger partial charge in [-0.05, 0) is 49.3 Å². The minimum absolute atomic E-state index is 0. The van der Waals surface area contributed by atoms with Gasteiger partial charge in [-0.2, -0.15) is 0 Å². The van der Waals surface area contributed by atoms with E-state index in [1.54, 1.807) is 0 Å². The van der Waals surface area contributed by atoms with Crippen molar-refractivity contribution in [2.45, 2.75) is 33.1 Å². The maximum atomic E-state index is 11.6. The van der Waals surface area contributed by atoms with Crippen LogP contribution in [0, 0.1) is 11.8 Å². The predicted molar refractivity (Wildman–Crippen MR) is 128 cm³/mol. The van der Waals surface area contributed by atoms with Gasteiger partial charge in [0.25, 0.3) is 0 Å². The molecule has 27 heavy (non-hydrogen) atoms. The highest BCUT2D eigenvalue weighted by Crippen LogP contribution is 2.18. The maximum absolute atomic E-state index is 11.6. The lowest BCUT2D eigenvalue weighted by Crippen LogP contribution is -2.40. The molecular weight excluding hydrogens is 541 g/mol. The molecule has 0 spiro atoms. The molecule has 1 aliphatic rings. The number of rotatable bonds is 8. The molecular formula is C19H31BrIN3O2S. The summed E-state index contributed by atoms with van der Waals surface area (Å²) in [4.78, 5) is 4.73. The van der Waals surface area contributed by atoms with E-state index in [9.17, 15) is 8.42 Å². The smallest absolute Gasteiger partial charge is 0.191 e. The van der Waals surface area contributed by atoms with Crippen molar-refractivity contribution in [3.8, 4) is 0 Å². The van der Waals surface area contributed by atoms with Gasteiger partial charge in [0.2, 0.25) is 0 Å². The van der Waals surface area contributed by atoms with E-state index >= 15 is 0 Å². The largest absolute Gasteiger partial charge is 0.357 e. The fourth-order valence-electron chi connectivity index (χ4n) is 3.17. The molecule has 1 fully saturated rings. The summed E-state index contributed by atoms with van der Waals surface area (Å²) in [6.07, 6.45) is 2.81. The Hall–Kier alpha value is -0.350. The van der Waals surface area contributed by atoms with Crippen LogP contribution >= 0.6 is 39.9 Å². The van der Waals surface area contributed by atoms with Crippen molar-refractivity contribution in [3.63, 3.8) is 0 Å². The van der Waals surface area contributed by atoms with Crippen LogP contribution in [0.15, 0.2) is 33.7 Å². The Kier molecular flexibility index (Phi) is 11.2. The average molecular weight is 572 g/mol. The standard InChI is InChI=1S/C19H30BrN3O2S.HI/c1-3-15(10-16-6-5-7-18(20)11-16)12-22-19(21-4-2)23-13-17-8-9-26(24,25)14-17;/h5-7,11,15,17H,3-4,8-10,12-14H2,1-2H3,(H2,21,22,23);1H. The highest BCUT2D eigenvalue weighted by molar-refractivity contribution is 14.0. The number of hydrogen-bond donors (Lipinski definition) is 2. The van der Waals surface area contributed by atoms with E-state index in [0.29, 0.717) is 24.0 Å². The first-order valence-corrected chi connectivity index (χ1v) is 12.0. The molecule has 0 radical (unpaired) electrons. The number of halogens is 2. The van der Waals surface area contributed by atoms with Crippen molar-refractivity contribution in [2.75, 3.05) is 31.1 Å². The second-order valence-corrected chi connectivity index (χ2v) is 10.1. The van der Waals surface area contributed by atoms with E-state index in [1.807, 2.05) is 13.0 Å². The fraction of sp³-hybridized carbons (Fsp3) is 0.632. The molecule has 0 bridgehead atoms. The SMILES string of the molecule is CCNC(=NCC(CC)Cc1cccc(Br)c1)NCC1CCS(=O)(=O)C1.I. The fourth-order valence-corrected chi connectivity index (χ4v) is 5.48. The molecule has 5 nitrogen and oxygen atoms in total. The van der Waals surface area contributed by atoms with E-state index in [1.165, 1.54) is 5.56 Å². The molecule has 154 valence electrons. The first-order chi connectivity index (χ1) is 12.4.